The van der Waals surface area contributed by atoms with Crippen LogP contribution in [0.3, 0.4) is 0 Å². The molecule has 1 aromatic carbocycles. The van der Waals surface area contributed by atoms with E-state index in [4.69, 9.17) is 11.6 Å². The molecule has 2 N–H and O–H groups in total. The molecule has 8 heteroatoms. The molecule has 0 atom stereocenters. The molecule has 0 radical (unpaired) electrons. The van der Waals surface area contributed by atoms with Crippen LogP contribution in [0.2, 0.25) is 5.02 Å². The minimum atomic E-state index is -0.494. The molecule has 0 saturated heterocycles. The van der Waals surface area contributed by atoms with E-state index in [1.54, 1.807) is 41.2 Å². The number of pyridine rings is 1. The molecule has 28 heavy (non-hydrogen) atoms. The lowest BCUT2D eigenvalue weighted by Crippen LogP contribution is -2.41. The highest BCUT2D eigenvalue weighted by Crippen LogP contribution is 2.24. The topological polar surface area (TPSA) is 88.9 Å². The van der Waals surface area contributed by atoms with Crippen molar-refractivity contribution in [2.45, 2.75) is 39.7 Å². The number of hydrazine groups is 1. The summed E-state index contributed by atoms with van der Waals surface area (Å²) in [6.45, 7) is 8.01. The summed E-state index contributed by atoms with van der Waals surface area (Å²) in [5.41, 5.74) is 6.97. The molecule has 0 spiro atoms. The van der Waals surface area contributed by atoms with Crippen molar-refractivity contribution < 1.29 is 9.59 Å². The largest absolute Gasteiger partial charge is 0.271 e. The first-order valence-corrected chi connectivity index (χ1v) is 9.40. The summed E-state index contributed by atoms with van der Waals surface area (Å²) < 4.78 is 1.78. The van der Waals surface area contributed by atoms with Crippen LogP contribution < -0.4 is 10.9 Å². The zero-order valence-corrected chi connectivity index (χ0v) is 16.9. The number of amides is 2. The fourth-order valence-electron chi connectivity index (χ4n) is 2.79. The van der Waals surface area contributed by atoms with Gasteiger partial charge in [-0.3, -0.25) is 20.4 Å². The second kappa shape index (κ2) is 7.98. The molecule has 0 saturated carbocycles. The number of halogens is 1. The van der Waals surface area contributed by atoms with E-state index in [0.717, 1.165) is 5.69 Å². The van der Waals surface area contributed by atoms with Crippen molar-refractivity contribution >= 4 is 34.4 Å². The molecule has 0 fully saturated rings. The molecule has 0 aliphatic heterocycles. The molecule has 3 rings (SSSR count). The summed E-state index contributed by atoms with van der Waals surface area (Å²) in [5, 5.41) is 5.30. The van der Waals surface area contributed by atoms with Crippen LogP contribution >= 0.6 is 11.6 Å². The van der Waals surface area contributed by atoms with Crippen LogP contribution in [0.15, 0.2) is 36.5 Å². The average molecular weight is 400 g/mol. The summed E-state index contributed by atoms with van der Waals surface area (Å²) in [6.07, 6.45) is 1.62. The zero-order chi connectivity index (χ0) is 20.4. The van der Waals surface area contributed by atoms with Gasteiger partial charge in [0.05, 0.1) is 27.7 Å². The maximum Gasteiger partial charge on any atom is 0.271 e. The normalized spacial score (nSPS) is 11.2. The lowest BCUT2D eigenvalue weighted by Gasteiger charge is -2.13. The number of hydrogen-bond donors (Lipinski definition) is 2. The Morgan fingerprint density at radius 3 is 2.29 bits per heavy atom. The van der Waals surface area contributed by atoms with Gasteiger partial charge < -0.3 is 0 Å². The first-order chi connectivity index (χ1) is 13.3. The van der Waals surface area contributed by atoms with E-state index in [-0.39, 0.29) is 17.5 Å². The molecular weight excluding hydrogens is 378 g/mol. The minimum Gasteiger partial charge on any atom is -0.267 e. The Kier molecular flexibility index (Phi) is 5.65. The highest BCUT2D eigenvalue weighted by atomic mass is 35.5. The molecule has 0 aliphatic rings. The first-order valence-electron chi connectivity index (χ1n) is 9.03. The van der Waals surface area contributed by atoms with Crippen LogP contribution in [0.25, 0.3) is 11.0 Å². The Labute approximate surface area is 168 Å². The van der Waals surface area contributed by atoms with Crippen molar-refractivity contribution in [1.29, 1.82) is 0 Å². The van der Waals surface area contributed by atoms with E-state index in [0.29, 0.717) is 21.6 Å². The molecule has 7 nitrogen and oxygen atoms in total. The maximum atomic E-state index is 12.8. The van der Waals surface area contributed by atoms with Crippen molar-refractivity contribution in [1.82, 2.24) is 25.6 Å². The highest BCUT2D eigenvalue weighted by molar-refractivity contribution is 6.33. The Morgan fingerprint density at radius 1 is 1.04 bits per heavy atom. The molecule has 2 aromatic heterocycles. The van der Waals surface area contributed by atoms with Gasteiger partial charge in [-0.25, -0.2) is 9.67 Å². The highest BCUT2D eigenvalue weighted by Gasteiger charge is 2.19. The van der Waals surface area contributed by atoms with Gasteiger partial charge in [0.25, 0.3) is 11.8 Å². The Bertz CT molecular complexity index is 1040. The first kappa shape index (κ1) is 19.8. The number of rotatable bonds is 4. The number of fused-ring (bicyclic) bond motifs is 1. The van der Waals surface area contributed by atoms with E-state index in [1.807, 2.05) is 27.7 Å². The number of nitrogens with zero attached hydrogens (tertiary/aromatic N) is 3. The van der Waals surface area contributed by atoms with E-state index in [2.05, 4.69) is 20.9 Å². The third-order valence-electron chi connectivity index (χ3n) is 4.32. The third kappa shape index (κ3) is 3.84. The zero-order valence-electron chi connectivity index (χ0n) is 16.2. The molecule has 0 unspecified atom stereocenters. The number of benzene rings is 1. The molecule has 3 aromatic rings. The predicted molar refractivity (Wildman–Crippen MR) is 108 cm³/mol. The fourth-order valence-corrected chi connectivity index (χ4v) is 3.01. The summed E-state index contributed by atoms with van der Waals surface area (Å²) in [5.74, 6) is -0.812. The van der Waals surface area contributed by atoms with E-state index >= 15 is 0 Å². The molecule has 2 amide bonds. The maximum absolute atomic E-state index is 12.8. The standard InChI is InChI=1S/C20H22ClN5O2/c1-11(2)17-9-14(15-10-22-26(12(3)4)18(15)23-17)20(28)25-24-19(27)13-7-5-6-8-16(13)21/h5-12H,1-4H3,(H,24,27)(H,25,28). The van der Waals surface area contributed by atoms with Gasteiger partial charge in [-0.05, 0) is 38.0 Å². The number of carbonyl (C=O) groups excluding carboxylic acids is 2. The van der Waals surface area contributed by atoms with Crippen LogP contribution in [0.4, 0.5) is 0 Å². The Hall–Kier alpha value is -2.93. The van der Waals surface area contributed by atoms with Crippen LogP contribution in [-0.4, -0.2) is 26.6 Å². The van der Waals surface area contributed by atoms with Gasteiger partial charge in [-0.15, -0.1) is 0 Å². The second-order valence-electron chi connectivity index (χ2n) is 7.06. The summed E-state index contributed by atoms with van der Waals surface area (Å²) in [6, 6.07) is 8.45. The van der Waals surface area contributed by atoms with Gasteiger partial charge in [0.15, 0.2) is 5.65 Å². The summed E-state index contributed by atoms with van der Waals surface area (Å²) in [4.78, 5) is 29.8. The summed E-state index contributed by atoms with van der Waals surface area (Å²) >= 11 is 6.02. The SMILES string of the molecule is CC(C)c1cc(C(=O)NNC(=O)c2ccccc2Cl)c2cnn(C(C)C)c2n1. The fraction of sp³-hybridized carbons (Fsp3) is 0.300. The second-order valence-corrected chi connectivity index (χ2v) is 7.46. The van der Waals surface area contributed by atoms with Gasteiger partial charge in [-0.1, -0.05) is 37.6 Å². The van der Waals surface area contributed by atoms with Crippen molar-refractivity contribution in [2.24, 2.45) is 0 Å². The van der Waals surface area contributed by atoms with Gasteiger partial charge in [0.2, 0.25) is 0 Å². The van der Waals surface area contributed by atoms with Crippen LogP contribution in [0, 0.1) is 0 Å². The van der Waals surface area contributed by atoms with Crippen molar-refractivity contribution in [3.63, 3.8) is 0 Å². The minimum absolute atomic E-state index is 0.100. The van der Waals surface area contributed by atoms with Crippen LogP contribution in [0.5, 0.6) is 0 Å². The molecule has 0 aliphatic carbocycles. The number of carbonyl (C=O) groups is 2. The Balaban J connectivity index is 1.91. The van der Waals surface area contributed by atoms with Gasteiger partial charge in [0.1, 0.15) is 0 Å². The van der Waals surface area contributed by atoms with Gasteiger partial charge in [0, 0.05) is 11.7 Å². The molecular formula is C20H22ClN5O2. The monoisotopic (exact) mass is 399 g/mol. The van der Waals surface area contributed by atoms with Crippen molar-refractivity contribution in [2.75, 3.05) is 0 Å². The smallest absolute Gasteiger partial charge is 0.267 e. The lowest BCUT2D eigenvalue weighted by molar-refractivity contribution is 0.0847. The van der Waals surface area contributed by atoms with Gasteiger partial charge in [-0.2, -0.15) is 5.10 Å². The molecule has 146 valence electrons. The number of nitrogens with one attached hydrogen (secondary N) is 2. The Morgan fingerprint density at radius 2 is 1.68 bits per heavy atom. The summed E-state index contributed by atoms with van der Waals surface area (Å²) in [7, 11) is 0. The van der Waals surface area contributed by atoms with Crippen molar-refractivity contribution in [3.8, 4) is 0 Å². The van der Waals surface area contributed by atoms with Crippen LogP contribution in [0.1, 0.15) is 66.1 Å². The van der Waals surface area contributed by atoms with Crippen molar-refractivity contribution in [3.05, 3.63) is 58.4 Å². The van der Waals surface area contributed by atoms with E-state index in [1.165, 1.54) is 0 Å². The third-order valence-corrected chi connectivity index (χ3v) is 4.65. The average Bonchev–Trinajstić information content (AvgIpc) is 3.09. The lowest BCUT2D eigenvalue weighted by atomic mass is 10.1. The van der Waals surface area contributed by atoms with Crippen LogP contribution in [-0.2, 0) is 0 Å². The van der Waals surface area contributed by atoms with Gasteiger partial charge >= 0.3 is 0 Å². The van der Waals surface area contributed by atoms with E-state index < -0.39 is 11.8 Å². The molecule has 0 bridgehead atoms. The molecule has 2 heterocycles. The number of aromatic nitrogens is 3. The predicted octanol–water partition coefficient (Wildman–Crippen LogP) is 3.86. The van der Waals surface area contributed by atoms with E-state index in [9.17, 15) is 9.59 Å². The number of hydrogen-bond acceptors (Lipinski definition) is 4. The quantitative estimate of drug-likeness (QED) is 0.652.